The number of rotatable bonds is 4. The second kappa shape index (κ2) is 5.01. The maximum atomic E-state index is 12.3. The Kier molecular flexibility index (Phi) is 4.10. The van der Waals surface area contributed by atoms with E-state index in [9.17, 15) is 9.59 Å². The van der Waals surface area contributed by atoms with Crippen molar-refractivity contribution in [2.24, 2.45) is 11.3 Å². The normalized spacial score (nSPS) is 11.6. The molecule has 0 bridgehead atoms. The Balaban J connectivity index is 3.04. The van der Waals surface area contributed by atoms with Gasteiger partial charge in [0.2, 0.25) is 0 Å². The average Bonchev–Trinajstić information content (AvgIpc) is 2.27. The molecule has 0 unspecified atom stereocenters. The summed E-state index contributed by atoms with van der Waals surface area (Å²) in [5.41, 5.74) is -0.462. The third-order valence-corrected chi connectivity index (χ3v) is 3.07. The topological polar surface area (TPSA) is 34.1 Å². The Hall–Kier alpha value is -1.15. The molecule has 1 rings (SSSR count). The molecule has 0 aliphatic rings. The molecule has 17 heavy (non-hydrogen) atoms. The molecule has 0 spiro atoms. The Morgan fingerprint density at radius 3 is 2.00 bits per heavy atom. The first kappa shape index (κ1) is 13.9. The molecule has 0 heterocycles. The summed E-state index contributed by atoms with van der Waals surface area (Å²) >= 11 is 5.77. The molecule has 0 aromatic heterocycles. The number of ketones is 2. The fraction of sp³-hybridized carbons (Fsp3) is 0.429. The van der Waals surface area contributed by atoms with E-state index in [0.717, 1.165) is 0 Å². The molecule has 0 radical (unpaired) electrons. The van der Waals surface area contributed by atoms with Gasteiger partial charge in [-0.25, -0.2) is 0 Å². The summed E-state index contributed by atoms with van der Waals surface area (Å²) in [7, 11) is 0. The quantitative estimate of drug-likeness (QED) is 0.604. The molecule has 1 aromatic carbocycles. The lowest BCUT2D eigenvalue weighted by Crippen LogP contribution is -2.36. The van der Waals surface area contributed by atoms with Crippen molar-refractivity contribution in [3.8, 4) is 0 Å². The van der Waals surface area contributed by atoms with Crippen LogP contribution in [0.4, 0.5) is 0 Å². The number of halogens is 1. The molecule has 0 atom stereocenters. The van der Waals surface area contributed by atoms with Crippen LogP contribution in [-0.4, -0.2) is 11.6 Å². The van der Waals surface area contributed by atoms with Crippen molar-refractivity contribution in [3.05, 3.63) is 34.9 Å². The van der Waals surface area contributed by atoms with E-state index in [1.807, 2.05) is 0 Å². The predicted molar refractivity (Wildman–Crippen MR) is 69.4 cm³/mol. The Bertz CT molecular complexity index is 430. The number of Topliss-reactive ketones (excluding diaryl/α,β-unsaturated/α-hetero) is 2. The molecule has 0 amide bonds. The van der Waals surface area contributed by atoms with Gasteiger partial charge in [0.15, 0.2) is 5.78 Å². The summed E-state index contributed by atoms with van der Waals surface area (Å²) in [6.45, 7) is 6.96. The number of benzene rings is 1. The fourth-order valence-electron chi connectivity index (χ4n) is 1.80. The van der Waals surface area contributed by atoms with Crippen LogP contribution in [0.5, 0.6) is 0 Å². The van der Waals surface area contributed by atoms with Crippen LogP contribution in [0.1, 0.15) is 38.1 Å². The molecule has 92 valence electrons. The van der Waals surface area contributed by atoms with Gasteiger partial charge in [-0.2, -0.15) is 0 Å². The lowest BCUT2D eigenvalue weighted by Gasteiger charge is -2.23. The number of hydrogen-bond acceptors (Lipinski definition) is 2. The van der Waals surface area contributed by atoms with E-state index in [2.05, 4.69) is 0 Å². The van der Waals surface area contributed by atoms with E-state index in [1.165, 1.54) is 0 Å². The van der Waals surface area contributed by atoms with Crippen LogP contribution >= 0.6 is 11.6 Å². The highest BCUT2D eigenvalue weighted by Crippen LogP contribution is 2.27. The van der Waals surface area contributed by atoms with Gasteiger partial charge in [-0.1, -0.05) is 25.4 Å². The second-order valence-electron chi connectivity index (χ2n) is 4.98. The highest BCUT2D eigenvalue weighted by atomic mass is 35.5. The Labute approximate surface area is 107 Å². The molecule has 1 aromatic rings. The van der Waals surface area contributed by atoms with E-state index in [0.29, 0.717) is 10.6 Å². The zero-order chi connectivity index (χ0) is 13.2. The van der Waals surface area contributed by atoms with Crippen LogP contribution in [-0.2, 0) is 4.79 Å². The van der Waals surface area contributed by atoms with Gasteiger partial charge >= 0.3 is 0 Å². The van der Waals surface area contributed by atoms with E-state index < -0.39 is 5.41 Å². The SMILES string of the molecule is CC(C)C(=O)C(C)(C)C(=O)c1ccc(Cl)cc1. The molecule has 0 N–H and O–H groups in total. The lowest BCUT2D eigenvalue weighted by molar-refractivity contribution is -0.127. The molecular formula is C14H17ClO2. The monoisotopic (exact) mass is 252 g/mol. The van der Waals surface area contributed by atoms with Gasteiger partial charge < -0.3 is 0 Å². The van der Waals surface area contributed by atoms with Crippen molar-refractivity contribution < 1.29 is 9.59 Å². The molecule has 0 aliphatic heterocycles. The van der Waals surface area contributed by atoms with Crippen LogP contribution in [0.15, 0.2) is 24.3 Å². The molecule has 3 heteroatoms. The minimum Gasteiger partial charge on any atom is -0.298 e. The van der Waals surface area contributed by atoms with Crippen LogP contribution in [0.25, 0.3) is 0 Å². The molecule has 0 saturated carbocycles. The van der Waals surface area contributed by atoms with Gasteiger partial charge in [0.25, 0.3) is 0 Å². The lowest BCUT2D eigenvalue weighted by atomic mass is 9.76. The molecule has 0 saturated heterocycles. The Morgan fingerprint density at radius 2 is 1.59 bits per heavy atom. The molecule has 2 nitrogen and oxygen atoms in total. The van der Waals surface area contributed by atoms with Gasteiger partial charge in [0.1, 0.15) is 5.78 Å². The Morgan fingerprint density at radius 1 is 1.12 bits per heavy atom. The number of hydrogen-bond donors (Lipinski definition) is 0. The van der Waals surface area contributed by atoms with Gasteiger partial charge in [-0.3, -0.25) is 9.59 Å². The zero-order valence-corrected chi connectivity index (χ0v) is 11.3. The molecule has 0 fully saturated rings. The summed E-state index contributed by atoms with van der Waals surface area (Å²) in [5.74, 6) is -0.355. The van der Waals surface area contributed by atoms with Crippen LogP contribution in [0.3, 0.4) is 0 Å². The minimum absolute atomic E-state index is 0.0440. The number of carbonyl (C=O) groups is 2. The predicted octanol–water partition coefficient (Wildman–Crippen LogP) is 3.77. The van der Waals surface area contributed by atoms with Gasteiger partial charge in [-0.05, 0) is 38.1 Å². The maximum absolute atomic E-state index is 12.3. The average molecular weight is 253 g/mol. The summed E-state index contributed by atoms with van der Waals surface area (Å²) in [4.78, 5) is 24.3. The third kappa shape index (κ3) is 2.95. The van der Waals surface area contributed by atoms with E-state index in [4.69, 9.17) is 11.6 Å². The van der Waals surface area contributed by atoms with Crippen molar-refractivity contribution in [2.75, 3.05) is 0 Å². The van der Waals surface area contributed by atoms with Gasteiger partial charge in [0.05, 0.1) is 5.41 Å². The zero-order valence-electron chi connectivity index (χ0n) is 10.6. The summed E-state index contributed by atoms with van der Waals surface area (Å²) in [6.07, 6.45) is 0. The van der Waals surface area contributed by atoms with Crippen molar-refractivity contribution in [2.45, 2.75) is 27.7 Å². The highest BCUT2D eigenvalue weighted by molar-refractivity contribution is 6.30. The van der Waals surface area contributed by atoms with Crippen molar-refractivity contribution in [3.63, 3.8) is 0 Å². The maximum Gasteiger partial charge on any atom is 0.175 e. The molecular weight excluding hydrogens is 236 g/mol. The van der Waals surface area contributed by atoms with Crippen molar-refractivity contribution >= 4 is 23.2 Å². The minimum atomic E-state index is -0.984. The first-order chi connectivity index (χ1) is 7.76. The second-order valence-corrected chi connectivity index (χ2v) is 5.42. The van der Waals surface area contributed by atoms with Crippen molar-refractivity contribution in [1.29, 1.82) is 0 Å². The van der Waals surface area contributed by atoms with Crippen LogP contribution < -0.4 is 0 Å². The third-order valence-electron chi connectivity index (χ3n) is 2.81. The van der Waals surface area contributed by atoms with Crippen LogP contribution in [0, 0.1) is 11.3 Å². The van der Waals surface area contributed by atoms with E-state index in [1.54, 1.807) is 52.0 Å². The van der Waals surface area contributed by atoms with Crippen LogP contribution in [0.2, 0.25) is 5.02 Å². The summed E-state index contributed by atoms with van der Waals surface area (Å²) in [6, 6.07) is 6.62. The number of carbonyl (C=O) groups excluding carboxylic acids is 2. The largest absolute Gasteiger partial charge is 0.298 e. The summed E-state index contributed by atoms with van der Waals surface area (Å²) in [5, 5.41) is 0.578. The van der Waals surface area contributed by atoms with Gasteiger partial charge in [0, 0.05) is 16.5 Å². The standard InChI is InChI=1S/C14H17ClO2/c1-9(2)12(16)14(3,4)13(17)10-5-7-11(15)8-6-10/h5-9H,1-4H3. The van der Waals surface area contributed by atoms with E-state index in [-0.39, 0.29) is 17.5 Å². The first-order valence-corrected chi connectivity index (χ1v) is 5.99. The fourth-order valence-corrected chi connectivity index (χ4v) is 1.92. The smallest absolute Gasteiger partial charge is 0.175 e. The molecule has 0 aliphatic carbocycles. The summed E-state index contributed by atoms with van der Waals surface area (Å²) < 4.78 is 0. The first-order valence-electron chi connectivity index (χ1n) is 5.61. The van der Waals surface area contributed by atoms with Gasteiger partial charge in [-0.15, -0.1) is 0 Å². The van der Waals surface area contributed by atoms with Crippen molar-refractivity contribution in [1.82, 2.24) is 0 Å². The van der Waals surface area contributed by atoms with E-state index >= 15 is 0 Å². The highest BCUT2D eigenvalue weighted by Gasteiger charge is 2.37.